The zero-order chi connectivity index (χ0) is 11.3. The van der Waals surface area contributed by atoms with Gasteiger partial charge in [0.2, 0.25) is 0 Å². The highest BCUT2D eigenvalue weighted by Crippen LogP contribution is 2.06. The van der Waals surface area contributed by atoms with Crippen LogP contribution >= 0.6 is 12.4 Å². The molecule has 0 aromatic carbocycles. The van der Waals surface area contributed by atoms with E-state index in [0.29, 0.717) is 0 Å². The number of hydrogen-bond acceptors (Lipinski definition) is 4. The molecule has 0 aliphatic carbocycles. The number of nitrogens with one attached hydrogen (secondary N) is 2. The van der Waals surface area contributed by atoms with Crippen LogP contribution in [0.5, 0.6) is 0 Å². The average molecular weight is 250 g/mol. The molecule has 1 fully saturated rings. The second-order valence-corrected chi connectivity index (χ2v) is 4.54. The van der Waals surface area contributed by atoms with Crippen molar-refractivity contribution in [2.45, 2.75) is 39.2 Å². The molecule has 6 heteroatoms. The molecule has 94 valence electrons. The first-order valence-electron chi connectivity index (χ1n) is 5.22. The van der Waals surface area contributed by atoms with Crippen LogP contribution in [0.3, 0.4) is 0 Å². The number of halogens is 1. The predicted molar refractivity (Wildman–Crippen MR) is 66.2 cm³/mol. The third-order valence-electron chi connectivity index (χ3n) is 1.88. The van der Waals surface area contributed by atoms with Crippen LogP contribution in [0, 0.1) is 0 Å². The van der Waals surface area contributed by atoms with Gasteiger partial charge in [-0.05, 0) is 20.8 Å². The quantitative estimate of drug-likeness (QED) is 0.695. The molecule has 0 unspecified atom stereocenters. The van der Waals surface area contributed by atoms with E-state index in [4.69, 9.17) is 4.74 Å². The number of nitrogens with zero attached hydrogens (tertiary/aromatic N) is 1. The summed E-state index contributed by atoms with van der Waals surface area (Å²) < 4.78 is 5.06. The summed E-state index contributed by atoms with van der Waals surface area (Å²) >= 11 is 0. The highest BCUT2D eigenvalue weighted by molar-refractivity contribution is 5.86. The minimum absolute atomic E-state index is 0. The summed E-state index contributed by atoms with van der Waals surface area (Å²) in [5, 5.41) is 7.24. The molecule has 1 amide bonds. The number of carbonyl (C=O) groups is 1. The molecule has 1 aliphatic heterocycles. The smallest absolute Gasteiger partial charge is 0.428 e. The Morgan fingerprint density at radius 2 is 1.94 bits per heavy atom. The third-order valence-corrected chi connectivity index (χ3v) is 1.88. The maximum absolute atomic E-state index is 11.2. The molecule has 0 radical (unpaired) electrons. The van der Waals surface area contributed by atoms with Crippen molar-refractivity contribution >= 4 is 24.2 Å². The van der Waals surface area contributed by atoms with E-state index in [9.17, 15) is 4.79 Å². The van der Waals surface area contributed by atoms with E-state index in [0.717, 1.165) is 31.6 Å². The van der Waals surface area contributed by atoms with Crippen molar-refractivity contribution in [1.29, 1.82) is 0 Å². The number of piperidine rings is 1. The van der Waals surface area contributed by atoms with Crippen LogP contribution in [0.4, 0.5) is 4.79 Å². The zero-order valence-electron chi connectivity index (χ0n) is 10.0. The van der Waals surface area contributed by atoms with Gasteiger partial charge in [0, 0.05) is 31.6 Å². The number of rotatable bonds is 1. The molecule has 1 heterocycles. The van der Waals surface area contributed by atoms with Crippen LogP contribution in [0.25, 0.3) is 0 Å². The zero-order valence-corrected chi connectivity index (χ0v) is 10.8. The number of hydrogen-bond donors (Lipinski definition) is 2. The van der Waals surface area contributed by atoms with Gasteiger partial charge in [-0.3, -0.25) is 0 Å². The lowest BCUT2D eigenvalue weighted by molar-refractivity contribution is 0.0529. The summed E-state index contributed by atoms with van der Waals surface area (Å²) in [5.41, 5.74) is 2.95. The molecule has 16 heavy (non-hydrogen) atoms. The molecule has 1 rings (SSSR count). The van der Waals surface area contributed by atoms with Gasteiger partial charge in [0.1, 0.15) is 5.60 Å². The Kier molecular flexibility index (Phi) is 6.36. The van der Waals surface area contributed by atoms with E-state index in [2.05, 4.69) is 15.8 Å². The van der Waals surface area contributed by atoms with E-state index in [1.54, 1.807) is 0 Å². The minimum atomic E-state index is -0.492. The molecule has 1 saturated heterocycles. The predicted octanol–water partition coefficient (Wildman–Crippen LogP) is 1.67. The van der Waals surface area contributed by atoms with Gasteiger partial charge in [-0.2, -0.15) is 5.10 Å². The van der Waals surface area contributed by atoms with Crippen molar-refractivity contribution in [3.8, 4) is 0 Å². The SMILES string of the molecule is CC(C)(C)OC(=O)NN=C1CCNCC1.Cl. The first-order chi connectivity index (χ1) is 6.97. The van der Waals surface area contributed by atoms with E-state index < -0.39 is 11.7 Å². The summed E-state index contributed by atoms with van der Waals surface area (Å²) in [5.74, 6) is 0. The first kappa shape index (κ1) is 15.2. The molecular weight excluding hydrogens is 230 g/mol. The van der Waals surface area contributed by atoms with Crippen molar-refractivity contribution in [2.24, 2.45) is 5.10 Å². The molecule has 0 atom stereocenters. The highest BCUT2D eigenvalue weighted by atomic mass is 35.5. The highest BCUT2D eigenvalue weighted by Gasteiger charge is 2.15. The van der Waals surface area contributed by atoms with Crippen LogP contribution in [0.15, 0.2) is 5.10 Å². The average Bonchev–Trinajstić information content (AvgIpc) is 2.14. The summed E-state index contributed by atoms with van der Waals surface area (Å²) in [4.78, 5) is 11.2. The van der Waals surface area contributed by atoms with Crippen molar-refractivity contribution in [3.05, 3.63) is 0 Å². The molecule has 0 spiro atoms. The Balaban J connectivity index is 0.00000225. The molecular formula is C10H20ClN3O2. The fourth-order valence-corrected chi connectivity index (χ4v) is 1.25. The standard InChI is InChI=1S/C10H19N3O2.ClH/c1-10(2,3)15-9(14)13-12-8-4-6-11-7-5-8;/h11H,4-7H2,1-3H3,(H,13,14);1H. The minimum Gasteiger partial charge on any atom is -0.443 e. The van der Waals surface area contributed by atoms with Gasteiger partial charge in [0.25, 0.3) is 0 Å². The van der Waals surface area contributed by atoms with Crippen molar-refractivity contribution in [2.75, 3.05) is 13.1 Å². The number of hydrazone groups is 1. The van der Waals surface area contributed by atoms with Crippen molar-refractivity contribution in [3.63, 3.8) is 0 Å². The van der Waals surface area contributed by atoms with Gasteiger partial charge in [-0.15, -0.1) is 12.4 Å². The van der Waals surface area contributed by atoms with Crippen LogP contribution in [-0.2, 0) is 4.74 Å². The van der Waals surface area contributed by atoms with Gasteiger partial charge in [-0.1, -0.05) is 0 Å². The number of ether oxygens (including phenoxy) is 1. The van der Waals surface area contributed by atoms with Gasteiger partial charge < -0.3 is 10.1 Å². The van der Waals surface area contributed by atoms with E-state index in [-0.39, 0.29) is 12.4 Å². The molecule has 0 bridgehead atoms. The Morgan fingerprint density at radius 3 is 2.44 bits per heavy atom. The van der Waals surface area contributed by atoms with Crippen LogP contribution < -0.4 is 10.7 Å². The molecule has 0 aromatic heterocycles. The Bertz CT molecular complexity index is 253. The summed E-state index contributed by atoms with van der Waals surface area (Å²) in [6.45, 7) is 7.32. The van der Waals surface area contributed by atoms with E-state index >= 15 is 0 Å². The maximum atomic E-state index is 11.2. The van der Waals surface area contributed by atoms with Crippen LogP contribution in [-0.4, -0.2) is 30.5 Å². The normalized spacial score (nSPS) is 16.1. The van der Waals surface area contributed by atoms with E-state index in [1.807, 2.05) is 20.8 Å². The largest absolute Gasteiger partial charge is 0.443 e. The Labute approximate surface area is 102 Å². The molecule has 2 N–H and O–H groups in total. The van der Waals surface area contributed by atoms with Crippen molar-refractivity contribution in [1.82, 2.24) is 10.7 Å². The summed E-state index contributed by atoms with van der Waals surface area (Å²) in [6.07, 6.45) is 1.28. The summed E-state index contributed by atoms with van der Waals surface area (Å²) in [7, 11) is 0. The molecule has 0 aromatic rings. The third kappa shape index (κ3) is 6.63. The molecule has 5 nitrogen and oxygen atoms in total. The van der Waals surface area contributed by atoms with Gasteiger partial charge >= 0.3 is 6.09 Å². The summed E-state index contributed by atoms with van der Waals surface area (Å²) in [6, 6.07) is 0. The maximum Gasteiger partial charge on any atom is 0.428 e. The van der Waals surface area contributed by atoms with Gasteiger partial charge in [0.15, 0.2) is 0 Å². The topological polar surface area (TPSA) is 62.7 Å². The number of carbonyl (C=O) groups excluding carboxylic acids is 1. The fraction of sp³-hybridized carbons (Fsp3) is 0.800. The Morgan fingerprint density at radius 1 is 1.38 bits per heavy atom. The molecule has 0 saturated carbocycles. The lowest BCUT2D eigenvalue weighted by atomic mass is 10.1. The van der Waals surface area contributed by atoms with Crippen LogP contribution in [0.1, 0.15) is 33.6 Å². The number of amides is 1. The van der Waals surface area contributed by atoms with Gasteiger partial charge in [0.05, 0.1) is 0 Å². The van der Waals surface area contributed by atoms with Crippen molar-refractivity contribution < 1.29 is 9.53 Å². The van der Waals surface area contributed by atoms with E-state index in [1.165, 1.54) is 0 Å². The second-order valence-electron chi connectivity index (χ2n) is 4.54. The van der Waals surface area contributed by atoms with Crippen LogP contribution in [0.2, 0.25) is 0 Å². The molecule has 1 aliphatic rings. The fourth-order valence-electron chi connectivity index (χ4n) is 1.25. The second kappa shape index (κ2) is 6.70. The lowest BCUT2D eigenvalue weighted by Crippen LogP contribution is -2.32. The first-order valence-corrected chi connectivity index (χ1v) is 5.22. The van der Waals surface area contributed by atoms with Gasteiger partial charge in [-0.25, -0.2) is 10.2 Å². The Hall–Kier alpha value is -0.810. The lowest BCUT2D eigenvalue weighted by Gasteiger charge is -2.19. The monoisotopic (exact) mass is 249 g/mol.